The molecule has 0 aromatic carbocycles. The molecule has 1 aromatic rings. The summed E-state index contributed by atoms with van der Waals surface area (Å²) in [6.45, 7) is 6.14. The van der Waals surface area contributed by atoms with Gasteiger partial charge in [-0.1, -0.05) is 13.8 Å². The summed E-state index contributed by atoms with van der Waals surface area (Å²) in [5.41, 5.74) is 2.63. The van der Waals surface area contributed by atoms with Gasteiger partial charge in [0, 0.05) is 11.4 Å². The second-order valence-electron chi connectivity index (χ2n) is 3.56. The molecule has 0 aliphatic carbocycles. The van der Waals surface area contributed by atoms with Gasteiger partial charge in [-0.2, -0.15) is 0 Å². The Morgan fingerprint density at radius 1 is 1.64 bits per heavy atom. The van der Waals surface area contributed by atoms with Crippen LogP contribution in [0, 0.1) is 6.92 Å². The number of ether oxygens (including phenoxy) is 1. The number of hydrogen-bond donors (Lipinski definition) is 1. The first-order chi connectivity index (χ1) is 6.60. The molecule has 1 aromatic heterocycles. The van der Waals surface area contributed by atoms with Crippen molar-refractivity contribution in [2.24, 2.45) is 0 Å². The lowest BCUT2D eigenvalue weighted by atomic mass is 10.1. The van der Waals surface area contributed by atoms with E-state index in [-0.39, 0.29) is 5.97 Å². The van der Waals surface area contributed by atoms with Gasteiger partial charge in [-0.05, 0) is 25.3 Å². The predicted octanol–water partition coefficient (Wildman–Crippen LogP) is 2.62. The van der Waals surface area contributed by atoms with E-state index in [4.69, 9.17) is 0 Å². The number of esters is 1. The molecule has 0 bridgehead atoms. The summed E-state index contributed by atoms with van der Waals surface area (Å²) in [4.78, 5) is 14.5. The number of aryl methyl sites for hydroxylation is 1. The zero-order valence-electron chi connectivity index (χ0n) is 9.18. The van der Waals surface area contributed by atoms with Crippen LogP contribution in [-0.2, 0) is 4.74 Å². The fourth-order valence-corrected chi connectivity index (χ4v) is 1.39. The molecule has 0 fully saturated rings. The summed E-state index contributed by atoms with van der Waals surface area (Å²) >= 11 is 0. The number of aromatic nitrogens is 1. The first-order valence-electron chi connectivity index (χ1n) is 4.88. The molecule has 0 aliphatic rings. The zero-order valence-corrected chi connectivity index (χ0v) is 9.18. The third-order valence-electron chi connectivity index (χ3n) is 2.58. The van der Waals surface area contributed by atoms with Crippen LogP contribution >= 0.6 is 0 Å². The van der Waals surface area contributed by atoms with Crippen LogP contribution < -0.4 is 0 Å². The summed E-state index contributed by atoms with van der Waals surface area (Å²) < 4.78 is 4.68. The van der Waals surface area contributed by atoms with Gasteiger partial charge in [-0.3, -0.25) is 0 Å². The van der Waals surface area contributed by atoms with Crippen LogP contribution in [0.1, 0.15) is 47.9 Å². The number of nitrogens with one attached hydrogen (secondary N) is 1. The number of carbonyl (C=O) groups excluding carboxylic acids is 1. The lowest BCUT2D eigenvalue weighted by Crippen LogP contribution is -2.01. The molecule has 3 heteroatoms. The van der Waals surface area contributed by atoms with E-state index in [0.717, 1.165) is 17.8 Å². The van der Waals surface area contributed by atoms with Crippen molar-refractivity contribution in [3.8, 4) is 0 Å². The number of H-pyrrole nitrogens is 1. The number of rotatable bonds is 3. The van der Waals surface area contributed by atoms with Gasteiger partial charge in [0.05, 0.1) is 12.7 Å². The van der Waals surface area contributed by atoms with Crippen molar-refractivity contribution in [2.45, 2.75) is 33.1 Å². The topological polar surface area (TPSA) is 42.1 Å². The van der Waals surface area contributed by atoms with E-state index in [9.17, 15) is 4.79 Å². The van der Waals surface area contributed by atoms with E-state index in [1.165, 1.54) is 7.11 Å². The predicted molar refractivity (Wildman–Crippen MR) is 55.6 cm³/mol. The maximum atomic E-state index is 11.3. The van der Waals surface area contributed by atoms with Crippen molar-refractivity contribution in [3.05, 3.63) is 23.0 Å². The molecule has 0 saturated carbocycles. The van der Waals surface area contributed by atoms with Gasteiger partial charge in [0.25, 0.3) is 0 Å². The molecular formula is C11H17NO2. The van der Waals surface area contributed by atoms with E-state index in [2.05, 4.69) is 23.6 Å². The SMILES string of the molecule is CCC(C)c1cc(C(=O)OC)c(C)[nH]1. The Balaban J connectivity index is 2.98. The Morgan fingerprint density at radius 3 is 2.79 bits per heavy atom. The number of hydrogen-bond acceptors (Lipinski definition) is 2. The highest BCUT2D eigenvalue weighted by Gasteiger charge is 2.14. The molecule has 78 valence electrons. The maximum absolute atomic E-state index is 11.3. The van der Waals surface area contributed by atoms with Crippen molar-refractivity contribution in [3.63, 3.8) is 0 Å². The molecule has 1 unspecified atom stereocenters. The quantitative estimate of drug-likeness (QED) is 0.753. The summed E-state index contributed by atoms with van der Waals surface area (Å²) in [5, 5.41) is 0. The normalized spacial score (nSPS) is 12.6. The van der Waals surface area contributed by atoms with Gasteiger partial charge >= 0.3 is 5.97 Å². The molecule has 1 N–H and O–H groups in total. The Hall–Kier alpha value is -1.25. The number of methoxy groups -OCH3 is 1. The Kier molecular flexibility index (Phi) is 3.33. The molecule has 14 heavy (non-hydrogen) atoms. The standard InChI is InChI=1S/C11H17NO2/c1-5-7(2)10-6-9(8(3)12-10)11(13)14-4/h6-7,12H,5H2,1-4H3. The minimum absolute atomic E-state index is 0.270. The van der Waals surface area contributed by atoms with Gasteiger partial charge in [0.1, 0.15) is 0 Å². The van der Waals surface area contributed by atoms with E-state index in [0.29, 0.717) is 11.5 Å². The first-order valence-corrected chi connectivity index (χ1v) is 4.88. The lowest BCUT2D eigenvalue weighted by Gasteiger charge is -2.03. The van der Waals surface area contributed by atoms with Crippen molar-refractivity contribution in [2.75, 3.05) is 7.11 Å². The minimum Gasteiger partial charge on any atom is -0.465 e. The molecule has 1 heterocycles. The van der Waals surface area contributed by atoms with Crippen LogP contribution in [0.15, 0.2) is 6.07 Å². The highest BCUT2D eigenvalue weighted by Crippen LogP contribution is 2.21. The molecular weight excluding hydrogens is 178 g/mol. The molecule has 0 aliphatic heterocycles. The lowest BCUT2D eigenvalue weighted by molar-refractivity contribution is 0.0600. The van der Waals surface area contributed by atoms with Crippen molar-refractivity contribution in [1.82, 2.24) is 4.98 Å². The molecule has 3 nitrogen and oxygen atoms in total. The Labute approximate surface area is 84.5 Å². The molecule has 0 radical (unpaired) electrons. The highest BCUT2D eigenvalue weighted by molar-refractivity contribution is 5.90. The highest BCUT2D eigenvalue weighted by atomic mass is 16.5. The van der Waals surface area contributed by atoms with Gasteiger partial charge in [-0.15, -0.1) is 0 Å². The van der Waals surface area contributed by atoms with Gasteiger partial charge in [-0.25, -0.2) is 4.79 Å². The maximum Gasteiger partial charge on any atom is 0.339 e. The van der Waals surface area contributed by atoms with E-state index < -0.39 is 0 Å². The summed E-state index contributed by atoms with van der Waals surface area (Å²) in [6, 6.07) is 1.88. The van der Waals surface area contributed by atoms with Crippen LogP contribution in [-0.4, -0.2) is 18.1 Å². The summed E-state index contributed by atoms with van der Waals surface area (Å²) in [7, 11) is 1.40. The number of carbonyl (C=O) groups is 1. The summed E-state index contributed by atoms with van der Waals surface area (Å²) in [6.07, 6.45) is 1.06. The van der Waals surface area contributed by atoms with E-state index in [1.807, 2.05) is 13.0 Å². The van der Waals surface area contributed by atoms with Crippen LogP contribution in [0.25, 0.3) is 0 Å². The monoisotopic (exact) mass is 195 g/mol. The van der Waals surface area contributed by atoms with E-state index >= 15 is 0 Å². The van der Waals surface area contributed by atoms with Crippen molar-refractivity contribution in [1.29, 1.82) is 0 Å². The average Bonchev–Trinajstić information content (AvgIpc) is 2.58. The van der Waals surface area contributed by atoms with Gasteiger partial charge in [0.2, 0.25) is 0 Å². The van der Waals surface area contributed by atoms with Crippen LogP contribution in [0.2, 0.25) is 0 Å². The second-order valence-corrected chi connectivity index (χ2v) is 3.56. The van der Waals surface area contributed by atoms with Crippen LogP contribution in [0.3, 0.4) is 0 Å². The zero-order chi connectivity index (χ0) is 10.7. The van der Waals surface area contributed by atoms with Crippen molar-refractivity contribution >= 4 is 5.97 Å². The average molecular weight is 195 g/mol. The molecule has 0 amide bonds. The fourth-order valence-electron chi connectivity index (χ4n) is 1.39. The number of aromatic amines is 1. The Morgan fingerprint density at radius 2 is 2.29 bits per heavy atom. The largest absolute Gasteiger partial charge is 0.465 e. The molecule has 1 rings (SSSR count). The second kappa shape index (κ2) is 4.31. The van der Waals surface area contributed by atoms with Crippen LogP contribution in [0.5, 0.6) is 0 Å². The first kappa shape index (κ1) is 10.8. The third-order valence-corrected chi connectivity index (χ3v) is 2.58. The van der Waals surface area contributed by atoms with Crippen molar-refractivity contribution < 1.29 is 9.53 Å². The minimum atomic E-state index is -0.270. The molecule has 1 atom stereocenters. The smallest absolute Gasteiger partial charge is 0.339 e. The molecule has 0 spiro atoms. The van der Waals surface area contributed by atoms with Crippen LogP contribution in [0.4, 0.5) is 0 Å². The Bertz CT molecular complexity index is 328. The summed E-state index contributed by atoms with van der Waals surface area (Å²) in [5.74, 6) is 0.181. The fraction of sp³-hybridized carbons (Fsp3) is 0.545. The van der Waals surface area contributed by atoms with Gasteiger partial charge in [0.15, 0.2) is 0 Å². The third kappa shape index (κ3) is 1.97. The molecule has 0 saturated heterocycles. The van der Waals surface area contributed by atoms with Gasteiger partial charge < -0.3 is 9.72 Å². The van der Waals surface area contributed by atoms with E-state index in [1.54, 1.807) is 0 Å².